The van der Waals surface area contributed by atoms with Gasteiger partial charge >= 0.3 is 0 Å². The molecule has 0 saturated carbocycles. The predicted molar refractivity (Wildman–Crippen MR) is 88.5 cm³/mol. The first-order valence-corrected chi connectivity index (χ1v) is 9.91. The molecule has 5 heteroatoms. The molecule has 22 heavy (non-hydrogen) atoms. The predicted octanol–water partition coefficient (Wildman–Crippen LogP) is 2.21. The van der Waals surface area contributed by atoms with Gasteiger partial charge in [0, 0.05) is 25.8 Å². The molecule has 1 fully saturated rings. The lowest BCUT2D eigenvalue weighted by Crippen LogP contribution is -2.40. The summed E-state index contributed by atoms with van der Waals surface area (Å²) in [5, 5.41) is 0. The lowest BCUT2D eigenvalue weighted by atomic mass is 9.98. The molecule has 0 atom stereocenters. The minimum absolute atomic E-state index is 0.182. The van der Waals surface area contributed by atoms with E-state index in [9.17, 15) is 13.2 Å². The van der Waals surface area contributed by atoms with Gasteiger partial charge in [0.2, 0.25) is 5.91 Å². The number of carbonyl (C=O) groups excluding carboxylic acids is 1. The van der Waals surface area contributed by atoms with Gasteiger partial charge in [-0.15, -0.1) is 0 Å². The summed E-state index contributed by atoms with van der Waals surface area (Å²) in [6.07, 6.45) is 4.18. The summed E-state index contributed by atoms with van der Waals surface area (Å²) in [6.45, 7) is 3.44. The third kappa shape index (κ3) is 5.13. The molecule has 1 aliphatic rings. The van der Waals surface area contributed by atoms with E-state index in [1.807, 2.05) is 17.0 Å². The van der Waals surface area contributed by atoms with E-state index in [0.29, 0.717) is 19.5 Å². The molecule has 1 saturated heterocycles. The summed E-state index contributed by atoms with van der Waals surface area (Å²) < 4.78 is 22.7. The standard InChI is InChI=1S/C17H25NO3S/c1-14-5-3-4-6-16(14)7-8-17(19)18-11-9-15(10-12-18)13-22(2,20)21/h3-6,15H,7-13H2,1-2H3. The number of likely N-dealkylation sites (tertiary alicyclic amines) is 1. The number of sulfone groups is 1. The van der Waals surface area contributed by atoms with Crippen LogP contribution in [-0.2, 0) is 21.1 Å². The lowest BCUT2D eigenvalue weighted by Gasteiger charge is -2.31. The zero-order valence-corrected chi connectivity index (χ0v) is 14.2. The number of amides is 1. The molecule has 1 amide bonds. The van der Waals surface area contributed by atoms with E-state index < -0.39 is 9.84 Å². The molecule has 4 nitrogen and oxygen atoms in total. The van der Waals surface area contributed by atoms with Gasteiger partial charge in [-0.2, -0.15) is 0 Å². The summed E-state index contributed by atoms with van der Waals surface area (Å²) >= 11 is 0. The number of piperidine rings is 1. The van der Waals surface area contributed by atoms with Gasteiger partial charge in [-0.1, -0.05) is 24.3 Å². The zero-order chi connectivity index (χ0) is 16.2. The van der Waals surface area contributed by atoms with Crippen molar-refractivity contribution in [3.8, 4) is 0 Å². The monoisotopic (exact) mass is 323 g/mol. The van der Waals surface area contributed by atoms with Crippen LogP contribution in [0.5, 0.6) is 0 Å². The van der Waals surface area contributed by atoms with Crippen molar-refractivity contribution in [1.29, 1.82) is 0 Å². The number of aryl methyl sites for hydroxylation is 2. The van der Waals surface area contributed by atoms with Crippen molar-refractivity contribution in [2.75, 3.05) is 25.1 Å². The Morgan fingerprint density at radius 1 is 1.23 bits per heavy atom. The molecule has 0 aromatic heterocycles. The average molecular weight is 323 g/mol. The third-order valence-electron chi connectivity index (χ3n) is 4.38. The Labute approximate surface area is 133 Å². The summed E-state index contributed by atoms with van der Waals surface area (Å²) in [4.78, 5) is 14.2. The third-order valence-corrected chi connectivity index (χ3v) is 5.45. The second kappa shape index (κ2) is 7.27. The number of hydrogen-bond acceptors (Lipinski definition) is 3. The molecule has 1 heterocycles. The highest BCUT2D eigenvalue weighted by Crippen LogP contribution is 2.20. The maximum Gasteiger partial charge on any atom is 0.222 e. The van der Waals surface area contributed by atoms with E-state index in [2.05, 4.69) is 19.1 Å². The first-order valence-electron chi connectivity index (χ1n) is 7.85. The van der Waals surface area contributed by atoms with Crippen LogP contribution in [0.1, 0.15) is 30.4 Å². The van der Waals surface area contributed by atoms with Crippen LogP contribution in [0.15, 0.2) is 24.3 Å². The van der Waals surface area contributed by atoms with E-state index in [-0.39, 0.29) is 17.6 Å². The Balaban J connectivity index is 1.79. The number of rotatable bonds is 5. The highest BCUT2D eigenvalue weighted by atomic mass is 32.2. The van der Waals surface area contributed by atoms with Gasteiger partial charge in [-0.25, -0.2) is 8.42 Å². The highest BCUT2D eigenvalue weighted by molar-refractivity contribution is 7.90. The van der Waals surface area contributed by atoms with E-state index in [1.165, 1.54) is 17.4 Å². The summed E-state index contributed by atoms with van der Waals surface area (Å²) in [5.74, 6) is 0.634. The minimum Gasteiger partial charge on any atom is -0.343 e. The van der Waals surface area contributed by atoms with Crippen LogP contribution in [0.25, 0.3) is 0 Å². The average Bonchev–Trinajstić information content (AvgIpc) is 2.45. The molecule has 0 N–H and O–H groups in total. The van der Waals surface area contributed by atoms with Gasteiger partial charge in [0.25, 0.3) is 0 Å². The van der Waals surface area contributed by atoms with Crippen molar-refractivity contribution in [2.24, 2.45) is 5.92 Å². The molecular formula is C17H25NO3S. The van der Waals surface area contributed by atoms with Crippen molar-refractivity contribution < 1.29 is 13.2 Å². The van der Waals surface area contributed by atoms with Crippen molar-refractivity contribution in [3.05, 3.63) is 35.4 Å². The van der Waals surface area contributed by atoms with Crippen molar-refractivity contribution >= 4 is 15.7 Å². The molecule has 2 rings (SSSR count). The van der Waals surface area contributed by atoms with E-state index in [1.54, 1.807) is 0 Å². The molecule has 0 bridgehead atoms. The van der Waals surface area contributed by atoms with Gasteiger partial charge in [-0.05, 0) is 43.2 Å². The van der Waals surface area contributed by atoms with Gasteiger partial charge < -0.3 is 4.90 Å². The van der Waals surface area contributed by atoms with E-state index in [0.717, 1.165) is 19.3 Å². The topological polar surface area (TPSA) is 54.5 Å². The van der Waals surface area contributed by atoms with Crippen LogP contribution in [0.2, 0.25) is 0 Å². The summed E-state index contributed by atoms with van der Waals surface area (Å²) in [7, 11) is -2.92. The zero-order valence-electron chi connectivity index (χ0n) is 13.4. The Kier molecular flexibility index (Phi) is 5.62. The fourth-order valence-corrected chi connectivity index (χ4v) is 4.26. The number of benzene rings is 1. The molecule has 1 aromatic carbocycles. The molecule has 122 valence electrons. The molecule has 0 radical (unpaired) electrons. The van der Waals surface area contributed by atoms with Gasteiger partial charge in [0.15, 0.2) is 0 Å². The maximum absolute atomic E-state index is 12.3. The Morgan fingerprint density at radius 2 is 1.86 bits per heavy atom. The van der Waals surface area contributed by atoms with Gasteiger partial charge in [0.1, 0.15) is 9.84 Å². The number of hydrogen-bond donors (Lipinski definition) is 0. The van der Waals surface area contributed by atoms with Crippen molar-refractivity contribution in [2.45, 2.75) is 32.6 Å². The number of carbonyl (C=O) groups is 1. The summed E-state index contributed by atoms with van der Waals surface area (Å²) in [5.41, 5.74) is 2.45. The number of nitrogens with zero attached hydrogens (tertiary/aromatic N) is 1. The molecule has 1 aliphatic heterocycles. The van der Waals surface area contributed by atoms with Gasteiger partial charge in [0.05, 0.1) is 5.75 Å². The fourth-order valence-electron chi connectivity index (χ4n) is 3.07. The van der Waals surface area contributed by atoms with Crippen molar-refractivity contribution in [3.63, 3.8) is 0 Å². The lowest BCUT2D eigenvalue weighted by molar-refractivity contribution is -0.132. The van der Waals surface area contributed by atoms with Crippen LogP contribution in [0.4, 0.5) is 0 Å². The van der Waals surface area contributed by atoms with Crippen molar-refractivity contribution in [1.82, 2.24) is 4.90 Å². The fraction of sp³-hybridized carbons (Fsp3) is 0.588. The smallest absolute Gasteiger partial charge is 0.222 e. The Morgan fingerprint density at radius 3 is 2.45 bits per heavy atom. The molecule has 0 spiro atoms. The van der Waals surface area contributed by atoms with Gasteiger partial charge in [-0.3, -0.25) is 4.79 Å². The highest BCUT2D eigenvalue weighted by Gasteiger charge is 2.24. The Bertz CT molecular complexity index is 617. The second-order valence-electron chi connectivity index (χ2n) is 6.34. The Hall–Kier alpha value is -1.36. The van der Waals surface area contributed by atoms with Crippen LogP contribution < -0.4 is 0 Å². The molecule has 0 unspecified atom stereocenters. The maximum atomic E-state index is 12.3. The molecule has 1 aromatic rings. The quantitative estimate of drug-likeness (QED) is 0.835. The summed E-state index contributed by atoms with van der Waals surface area (Å²) in [6, 6.07) is 8.15. The largest absolute Gasteiger partial charge is 0.343 e. The minimum atomic E-state index is -2.92. The van der Waals surface area contributed by atoms with E-state index in [4.69, 9.17) is 0 Å². The SMILES string of the molecule is Cc1ccccc1CCC(=O)N1CCC(CS(C)(=O)=O)CC1. The van der Waals surface area contributed by atoms with Crippen LogP contribution in [0, 0.1) is 12.8 Å². The second-order valence-corrected chi connectivity index (χ2v) is 8.53. The van der Waals surface area contributed by atoms with Crippen LogP contribution in [-0.4, -0.2) is 44.3 Å². The van der Waals surface area contributed by atoms with E-state index >= 15 is 0 Å². The van der Waals surface area contributed by atoms with Crippen LogP contribution >= 0.6 is 0 Å². The molecule has 0 aliphatic carbocycles. The first-order chi connectivity index (χ1) is 10.3. The normalized spacial score (nSPS) is 16.7. The van der Waals surface area contributed by atoms with Crippen LogP contribution in [0.3, 0.4) is 0 Å². The molecular weight excluding hydrogens is 298 g/mol. The first kappa shape index (κ1) is 17.0.